The molecule has 1 aliphatic rings. The number of fused-ring (bicyclic) bond motifs is 3. The monoisotopic (exact) mass is 357 g/mol. The normalized spacial score (nSPS) is 13.2. The molecule has 0 amide bonds. The molecule has 0 aliphatic heterocycles. The van der Waals surface area contributed by atoms with Crippen LogP contribution in [0, 0.1) is 30.3 Å². The number of nitro groups is 3. The summed E-state index contributed by atoms with van der Waals surface area (Å²) in [5.74, 6) is 0. The number of ether oxygens (including phenoxy) is 1. The van der Waals surface area contributed by atoms with Gasteiger partial charge in [0.25, 0.3) is 17.1 Å². The van der Waals surface area contributed by atoms with Gasteiger partial charge in [0.2, 0.25) is 0 Å². The molecule has 0 bridgehead atoms. The summed E-state index contributed by atoms with van der Waals surface area (Å²) in [6, 6.07) is 6.00. The van der Waals surface area contributed by atoms with Gasteiger partial charge in [0.15, 0.2) is 0 Å². The van der Waals surface area contributed by atoms with E-state index < -0.39 is 26.1 Å². The first-order chi connectivity index (χ1) is 12.3. The van der Waals surface area contributed by atoms with Crippen LogP contribution < -0.4 is 0 Å². The number of hydrogen-bond donors (Lipinski definition) is 0. The summed E-state index contributed by atoms with van der Waals surface area (Å²) in [4.78, 5) is 31.7. The van der Waals surface area contributed by atoms with Crippen molar-refractivity contribution in [2.75, 3.05) is 6.61 Å². The number of rotatable bonds is 5. The molecular formula is C16H11N3O7. The summed E-state index contributed by atoms with van der Waals surface area (Å²) < 4.78 is 5.26. The Labute approximate surface area is 145 Å². The second-order valence-electron chi connectivity index (χ2n) is 5.38. The molecule has 3 rings (SSSR count). The highest BCUT2D eigenvalue weighted by Gasteiger charge is 2.35. The van der Waals surface area contributed by atoms with Crippen molar-refractivity contribution in [3.8, 4) is 11.1 Å². The Hall–Kier alpha value is -3.82. The predicted molar refractivity (Wildman–Crippen MR) is 90.5 cm³/mol. The molecule has 0 atom stereocenters. The van der Waals surface area contributed by atoms with Crippen LogP contribution >= 0.6 is 0 Å². The van der Waals surface area contributed by atoms with Crippen LogP contribution in [0.4, 0.5) is 17.1 Å². The van der Waals surface area contributed by atoms with E-state index in [-0.39, 0.29) is 16.8 Å². The van der Waals surface area contributed by atoms with Gasteiger partial charge in [-0.1, -0.05) is 0 Å². The molecular weight excluding hydrogens is 346 g/mol. The van der Waals surface area contributed by atoms with Crippen LogP contribution in [0.25, 0.3) is 16.7 Å². The summed E-state index contributed by atoms with van der Waals surface area (Å²) in [6.07, 6.45) is 1.31. The van der Waals surface area contributed by atoms with Crippen LogP contribution in [0.2, 0.25) is 0 Å². The molecule has 0 aromatic heterocycles. The third-order valence-corrected chi connectivity index (χ3v) is 3.94. The van der Waals surface area contributed by atoms with Gasteiger partial charge in [-0.15, -0.1) is 0 Å². The van der Waals surface area contributed by atoms with E-state index in [1.54, 1.807) is 6.92 Å². The third kappa shape index (κ3) is 2.62. The third-order valence-electron chi connectivity index (χ3n) is 3.94. The van der Waals surface area contributed by atoms with Gasteiger partial charge in [0, 0.05) is 34.9 Å². The molecule has 26 heavy (non-hydrogen) atoms. The van der Waals surface area contributed by atoms with Crippen molar-refractivity contribution in [1.82, 2.24) is 0 Å². The standard InChI is InChI=1S/C16H11N3O7/c1-2-26-8-14-12-5-9(17(20)21)3-4-11(12)16-13(14)6-10(18(22)23)7-15(16)19(24)25/h3-8H,2H2,1H3. The van der Waals surface area contributed by atoms with Crippen molar-refractivity contribution in [3.05, 3.63) is 78.1 Å². The fraction of sp³-hybridized carbons (Fsp3) is 0.125. The van der Waals surface area contributed by atoms with Crippen molar-refractivity contribution >= 4 is 22.6 Å². The molecule has 0 fully saturated rings. The minimum atomic E-state index is -0.725. The highest BCUT2D eigenvalue weighted by Crippen LogP contribution is 2.50. The van der Waals surface area contributed by atoms with Gasteiger partial charge in [-0.3, -0.25) is 30.3 Å². The van der Waals surface area contributed by atoms with Gasteiger partial charge in [-0.05, 0) is 18.6 Å². The van der Waals surface area contributed by atoms with Crippen LogP contribution in [-0.2, 0) is 4.74 Å². The van der Waals surface area contributed by atoms with E-state index in [0.29, 0.717) is 23.3 Å². The number of nitrogens with zero attached hydrogens (tertiary/aromatic N) is 3. The van der Waals surface area contributed by atoms with Gasteiger partial charge in [0.1, 0.15) is 0 Å². The zero-order chi connectivity index (χ0) is 19.0. The van der Waals surface area contributed by atoms with Crippen LogP contribution in [0.3, 0.4) is 0 Å². The van der Waals surface area contributed by atoms with E-state index in [2.05, 4.69) is 0 Å². The predicted octanol–water partition coefficient (Wildman–Crippen LogP) is 3.82. The Morgan fingerprint density at radius 3 is 2.12 bits per heavy atom. The maximum Gasteiger partial charge on any atom is 0.284 e. The summed E-state index contributed by atoms with van der Waals surface area (Å²) in [5.41, 5.74) is 0.392. The average Bonchev–Trinajstić information content (AvgIpc) is 2.91. The Kier molecular flexibility index (Phi) is 4.08. The van der Waals surface area contributed by atoms with Crippen molar-refractivity contribution in [2.45, 2.75) is 6.92 Å². The first-order valence-electron chi connectivity index (χ1n) is 7.43. The summed E-state index contributed by atoms with van der Waals surface area (Å²) in [7, 11) is 0. The Morgan fingerprint density at radius 1 is 0.885 bits per heavy atom. The van der Waals surface area contributed by atoms with Crippen molar-refractivity contribution < 1.29 is 19.5 Å². The molecule has 0 N–H and O–H groups in total. The molecule has 132 valence electrons. The molecule has 0 unspecified atom stereocenters. The summed E-state index contributed by atoms with van der Waals surface area (Å²) >= 11 is 0. The minimum Gasteiger partial charge on any atom is -0.501 e. The summed E-state index contributed by atoms with van der Waals surface area (Å²) in [5, 5.41) is 33.7. The smallest absolute Gasteiger partial charge is 0.284 e. The average molecular weight is 357 g/mol. The Morgan fingerprint density at radius 2 is 1.54 bits per heavy atom. The molecule has 0 spiro atoms. The second kappa shape index (κ2) is 6.24. The maximum absolute atomic E-state index is 11.5. The van der Waals surface area contributed by atoms with Crippen LogP contribution in [0.15, 0.2) is 36.6 Å². The van der Waals surface area contributed by atoms with E-state index in [4.69, 9.17) is 4.74 Å². The lowest BCUT2D eigenvalue weighted by molar-refractivity contribution is -0.393. The molecule has 10 nitrogen and oxygen atoms in total. The lowest BCUT2D eigenvalue weighted by Gasteiger charge is -2.04. The number of nitro benzene ring substituents is 3. The van der Waals surface area contributed by atoms with Gasteiger partial charge in [0.05, 0.1) is 39.3 Å². The molecule has 0 saturated carbocycles. The van der Waals surface area contributed by atoms with Crippen molar-refractivity contribution in [1.29, 1.82) is 0 Å². The van der Waals surface area contributed by atoms with E-state index in [0.717, 1.165) is 6.07 Å². The first kappa shape index (κ1) is 17.0. The molecule has 10 heteroatoms. The van der Waals surface area contributed by atoms with Crippen LogP contribution in [0.5, 0.6) is 0 Å². The minimum absolute atomic E-state index is 0.177. The Bertz CT molecular complexity index is 998. The molecule has 0 heterocycles. The largest absolute Gasteiger partial charge is 0.501 e. The van der Waals surface area contributed by atoms with Crippen LogP contribution in [-0.4, -0.2) is 21.4 Å². The zero-order valence-electron chi connectivity index (χ0n) is 13.4. The van der Waals surface area contributed by atoms with E-state index >= 15 is 0 Å². The van der Waals surface area contributed by atoms with Gasteiger partial charge < -0.3 is 4.74 Å². The molecule has 2 aromatic rings. The second-order valence-corrected chi connectivity index (χ2v) is 5.38. The van der Waals surface area contributed by atoms with E-state index in [9.17, 15) is 30.3 Å². The highest BCUT2D eigenvalue weighted by atomic mass is 16.6. The number of non-ortho nitro benzene ring substituents is 2. The van der Waals surface area contributed by atoms with Gasteiger partial charge in [-0.25, -0.2) is 0 Å². The zero-order valence-corrected chi connectivity index (χ0v) is 13.4. The van der Waals surface area contributed by atoms with Crippen molar-refractivity contribution in [2.24, 2.45) is 0 Å². The highest BCUT2D eigenvalue weighted by molar-refractivity contribution is 6.05. The first-order valence-corrected chi connectivity index (χ1v) is 7.43. The lowest BCUT2D eigenvalue weighted by Crippen LogP contribution is -1.96. The molecule has 2 aromatic carbocycles. The lowest BCUT2D eigenvalue weighted by atomic mass is 10.0. The molecule has 0 saturated heterocycles. The van der Waals surface area contributed by atoms with Gasteiger partial charge in [-0.2, -0.15) is 0 Å². The molecule has 1 aliphatic carbocycles. The number of benzene rings is 2. The van der Waals surface area contributed by atoms with E-state index in [1.165, 1.54) is 30.5 Å². The van der Waals surface area contributed by atoms with Crippen LogP contribution in [0.1, 0.15) is 18.1 Å². The quantitative estimate of drug-likeness (QED) is 0.384. The Balaban J connectivity index is 2.38. The van der Waals surface area contributed by atoms with Gasteiger partial charge >= 0.3 is 0 Å². The number of hydrogen-bond acceptors (Lipinski definition) is 7. The fourth-order valence-corrected chi connectivity index (χ4v) is 2.88. The summed E-state index contributed by atoms with van der Waals surface area (Å²) in [6.45, 7) is 2.01. The van der Waals surface area contributed by atoms with Crippen molar-refractivity contribution in [3.63, 3.8) is 0 Å². The molecule has 0 radical (unpaired) electrons. The fourth-order valence-electron chi connectivity index (χ4n) is 2.88. The topological polar surface area (TPSA) is 139 Å². The van der Waals surface area contributed by atoms with E-state index in [1.807, 2.05) is 0 Å². The maximum atomic E-state index is 11.5. The SMILES string of the molecule is CCOC=C1c2cc([N+](=O)[O-])ccc2-c2c1cc([N+](=O)[O-])cc2[N+](=O)[O-].